The number of nitrogens with two attached hydrogens (primary N) is 1. The van der Waals surface area contributed by atoms with Crippen LogP contribution in [0.25, 0.3) is 21.9 Å². The van der Waals surface area contributed by atoms with E-state index in [9.17, 15) is 10.2 Å². The van der Waals surface area contributed by atoms with Gasteiger partial charge < -0.3 is 15.9 Å². The van der Waals surface area contributed by atoms with Crippen molar-refractivity contribution in [2.24, 2.45) is 0 Å². The summed E-state index contributed by atoms with van der Waals surface area (Å²) in [5.74, 6) is 0.415. The van der Waals surface area contributed by atoms with Crippen LogP contribution in [0.4, 0.5) is 5.69 Å². The predicted octanol–water partition coefficient (Wildman–Crippen LogP) is 4.62. The fourth-order valence-electron chi connectivity index (χ4n) is 2.88. The molecule has 3 aromatic rings. The Hall–Kier alpha value is -2.68. The molecule has 0 saturated carbocycles. The van der Waals surface area contributed by atoms with Gasteiger partial charge in [0.2, 0.25) is 0 Å². The van der Waals surface area contributed by atoms with Gasteiger partial charge in [-0.25, -0.2) is 0 Å². The number of nitrogen functional groups attached to an aromatic ring is 1. The third-order valence-corrected chi connectivity index (χ3v) is 4.00. The van der Waals surface area contributed by atoms with Crippen LogP contribution < -0.4 is 5.73 Å². The first kappa shape index (κ1) is 14.3. The van der Waals surface area contributed by atoms with Crippen LogP contribution >= 0.6 is 0 Å². The normalized spacial score (nSPS) is 11.2. The van der Waals surface area contributed by atoms with Gasteiger partial charge in [0.25, 0.3) is 0 Å². The Bertz CT molecular complexity index is 833. The average molecular weight is 293 g/mol. The van der Waals surface area contributed by atoms with Crippen LogP contribution in [0.1, 0.15) is 25.3 Å². The molecule has 0 atom stereocenters. The molecule has 3 aromatic carbocycles. The van der Waals surface area contributed by atoms with E-state index in [1.807, 2.05) is 44.2 Å². The first-order valence-corrected chi connectivity index (χ1v) is 7.33. The van der Waals surface area contributed by atoms with Crippen LogP contribution in [0.15, 0.2) is 48.5 Å². The lowest BCUT2D eigenvalue weighted by Crippen LogP contribution is -1.96. The highest BCUT2D eigenvalue weighted by Crippen LogP contribution is 2.46. The molecular weight excluding hydrogens is 274 g/mol. The van der Waals surface area contributed by atoms with Gasteiger partial charge in [-0.3, -0.25) is 0 Å². The molecule has 3 rings (SSSR count). The molecule has 0 aliphatic rings. The lowest BCUT2D eigenvalue weighted by Gasteiger charge is -2.18. The van der Waals surface area contributed by atoms with Crippen molar-refractivity contribution >= 4 is 16.5 Å². The Labute approximate surface area is 129 Å². The number of anilines is 1. The van der Waals surface area contributed by atoms with Gasteiger partial charge in [-0.15, -0.1) is 0 Å². The third-order valence-electron chi connectivity index (χ3n) is 4.00. The molecule has 0 fully saturated rings. The number of aromatic hydroxyl groups is 2. The fraction of sp³-hybridized carbons (Fsp3) is 0.158. The number of fused-ring (bicyclic) bond motifs is 1. The maximum atomic E-state index is 10.8. The first-order chi connectivity index (χ1) is 10.5. The van der Waals surface area contributed by atoms with E-state index in [1.165, 1.54) is 0 Å². The molecule has 3 nitrogen and oxygen atoms in total. The monoisotopic (exact) mass is 293 g/mol. The number of hydrogen-bond acceptors (Lipinski definition) is 3. The van der Waals surface area contributed by atoms with Crippen molar-refractivity contribution in [3.63, 3.8) is 0 Å². The smallest absolute Gasteiger partial charge is 0.127 e. The van der Waals surface area contributed by atoms with Crippen molar-refractivity contribution in [1.82, 2.24) is 0 Å². The minimum Gasteiger partial charge on any atom is -0.507 e. The van der Waals surface area contributed by atoms with E-state index in [4.69, 9.17) is 5.73 Å². The molecular formula is C19H19NO2. The summed E-state index contributed by atoms with van der Waals surface area (Å²) in [7, 11) is 0. The highest BCUT2D eigenvalue weighted by atomic mass is 16.3. The molecule has 0 aromatic heterocycles. The topological polar surface area (TPSA) is 66.5 Å². The van der Waals surface area contributed by atoms with E-state index in [-0.39, 0.29) is 17.4 Å². The summed E-state index contributed by atoms with van der Waals surface area (Å²) in [6.07, 6.45) is 0. The van der Waals surface area contributed by atoms with Crippen LogP contribution in [0.5, 0.6) is 11.5 Å². The third kappa shape index (κ3) is 2.15. The van der Waals surface area contributed by atoms with Crippen molar-refractivity contribution in [3.8, 4) is 22.6 Å². The summed E-state index contributed by atoms with van der Waals surface area (Å²) in [6.45, 7) is 4.06. The van der Waals surface area contributed by atoms with Gasteiger partial charge in [0.15, 0.2) is 0 Å². The molecule has 112 valence electrons. The maximum absolute atomic E-state index is 10.8. The molecule has 0 spiro atoms. The summed E-state index contributed by atoms with van der Waals surface area (Å²) in [5.41, 5.74) is 8.44. The number of phenolic OH excluding ortho intramolecular Hbond substituents is 2. The van der Waals surface area contributed by atoms with Crippen molar-refractivity contribution in [2.45, 2.75) is 19.8 Å². The van der Waals surface area contributed by atoms with Crippen LogP contribution in [0.3, 0.4) is 0 Å². The van der Waals surface area contributed by atoms with Gasteiger partial charge in [0, 0.05) is 11.3 Å². The summed E-state index contributed by atoms with van der Waals surface area (Å²) in [4.78, 5) is 0. The minimum atomic E-state index is 0.0707. The molecule has 0 bridgehead atoms. The quantitative estimate of drug-likeness (QED) is 0.604. The molecule has 22 heavy (non-hydrogen) atoms. The van der Waals surface area contributed by atoms with Gasteiger partial charge in [-0.1, -0.05) is 44.2 Å². The van der Waals surface area contributed by atoms with E-state index in [0.29, 0.717) is 16.8 Å². The molecule has 0 aliphatic carbocycles. The fourth-order valence-corrected chi connectivity index (χ4v) is 2.88. The average Bonchev–Trinajstić information content (AvgIpc) is 2.48. The minimum absolute atomic E-state index is 0.0707. The second-order valence-electron chi connectivity index (χ2n) is 5.81. The Kier molecular flexibility index (Phi) is 3.41. The van der Waals surface area contributed by atoms with Crippen LogP contribution in [0, 0.1) is 0 Å². The Balaban J connectivity index is 2.49. The lowest BCUT2D eigenvalue weighted by atomic mass is 9.89. The highest BCUT2D eigenvalue weighted by molar-refractivity contribution is 6.04. The molecule has 0 radical (unpaired) electrons. The zero-order chi connectivity index (χ0) is 15.9. The number of hydrogen-bond donors (Lipinski definition) is 3. The van der Waals surface area contributed by atoms with Crippen LogP contribution in [-0.2, 0) is 0 Å². The van der Waals surface area contributed by atoms with E-state index in [2.05, 4.69) is 0 Å². The van der Waals surface area contributed by atoms with E-state index >= 15 is 0 Å². The van der Waals surface area contributed by atoms with Crippen molar-refractivity contribution in [1.29, 1.82) is 0 Å². The summed E-state index contributed by atoms with van der Waals surface area (Å²) >= 11 is 0. The van der Waals surface area contributed by atoms with Gasteiger partial charge in [-0.2, -0.15) is 0 Å². The van der Waals surface area contributed by atoms with Gasteiger partial charge in [-0.05, 0) is 40.5 Å². The van der Waals surface area contributed by atoms with Crippen molar-refractivity contribution in [3.05, 3.63) is 54.1 Å². The number of phenols is 2. The second-order valence-corrected chi connectivity index (χ2v) is 5.81. The second kappa shape index (κ2) is 5.26. The lowest BCUT2D eigenvalue weighted by molar-refractivity contribution is 0.463. The van der Waals surface area contributed by atoms with Gasteiger partial charge >= 0.3 is 0 Å². The Morgan fingerprint density at radius 2 is 1.64 bits per heavy atom. The first-order valence-electron chi connectivity index (χ1n) is 7.33. The molecule has 0 amide bonds. The largest absolute Gasteiger partial charge is 0.507 e. The maximum Gasteiger partial charge on any atom is 0.127 e. The van der Waals surface area contributed by atoms with Crippen LogP contribution in [-0.4, -0.2) is 10.2 Å². The summed E-state index contributed by atoms with van der Waals surface area (Å²) in [6, 6.07) is 14.8. The zero-order valence-electron chi connectivity index (χ0n) is 12.7. The van der Waals surface area contributed by atoms with Crippen molar-refractivity contribution in [2.75, 3.05) is 5.73 Å². The molecule has 0 heterocycles. The molecule has 3 heteroatoms. The van der Waals surface area contributed by atoms with Gasteiger partial charge in [0.1, 0.15) is 11.5 Å². The Morgan fingerprint density at radius 3 is 2.32 bits per heavy atom. The molecule has 0 saturated heterocycles. The van der Waals surface area contributed by atoms with Crippen LogP contribution in [0.2, 0.25) is 0 Å². The standard InChI is InChI=1S/C19H19NO2/c1-11(2)14-10-12-6-3-4-7-13(12)17(19(14)22)18-15(20)8-5-9-16(18)21/h3-11,21-22H,20H2,1-2H3. The van der Waals surface area contributed by atoms with Crippen molar-refractivity contribution < 1.29 is 10.2 Å². The molecule has 0 aliphatic heterocycles. The van der Waals surface area contributed by atoms with Gasteiger partial charge in [0.05, 0.1) is 5.56 Å². The van der Waals surface area contributed by atoms with E-state index in [0.717, 1.165) is 16.3 Å². The van der Waals surface area contributed by atoms with E-state index in [1.54, 1.807) is 18.2 Å². The molecule has 0 unspecified atom stereocenters. The SMILES string of the molecule is CC(C)c1cc2ccccc2c(-c2c(N)cccc2O)c1O. The number of benzene rings is 3. The summed E-state index contributed by atoms with van der Waals surface area (Å²) in [5, 5.41) is 22.9. The predicted molar refractivity (Wildman–Crippen MR) is 91.2 cm³/mol. The van der Waals surface area contributed by atoms with E-state index < -0.39 is 0 Å². The summed E-state index contributed by atoms with van der Waals surface area (Å²) < 4.78 is 0. The number of rotatable bonds is 2. The Morgan fingerprint density at radius 1 is 0.909 bits per heavy atom. The zero-order valence-corrected chi connectivity index (χ0v) is 12.7. The molecule has 4 N–H and O–H groups in total. The highest BCUT2D eigenvalue weighted by Gasteiger charge is 2.20.